The maximum atomic E-state index is 3.48. The number of nitrogens with zero attached hydrogens (tertiary/aromatic N) is 1. The molecule has 2 N–H and O–H groups in total. The molecule has 0 aromatic rings. The Bertz CT molecular complexity index is 147. The largest absolute Gasteiger partial charge is 0.314 e. The van der Waals surface area contributed by atoms with Gasteiger partial charge in [0.05, 0.1) is 0 Å². The lowest BCUT2D eigenvalue weighted by atomic mass is 10.2. The molecule has 0 fully saturated rings. The Morgan fingerprint density at radius 1 is 0.812 bits per heavy atom. The maximum Gasteiger partial charge on any atom is 0.0112 e. The number of hydrogen-bond donors (Lipinski definition) is 2. The first-order valence-corrected chi connectivity index (χ1v) is 6.65. The van der Waals surface area contributed by atoms with E-state index in [1.165, 1.54) is 0 Å². The van der Waals surface area contributed by atoms with Gasteiger partial charge in [0, 0.05) is 44.3 Å². The molecular formula is C13H31N3. The van der Waals surface area contributed by atoms with Gasteiger partial charge in [-0.05, 0) is 27.7 Å². The second-order valence-corrected chi connectivity index (χ2v) is 5.28. The molecule has 0 saturated carbocycles. The summed E-state index contributed by atoms with van der Waals surface area (Å²) in [4.78, 5) is 2.52. The van der Waals surface area contributed by atoms with E-state index in [-0.39, 0.29) is 0 Å². The fourth-order valence-corrected chi connectivity index (χ4v) is 1.90. The van der Waals surface area contributed by atoms with Crippen molar-refractivity contribution in [1.82, 2.24) is 15.5 Å². The number of nitrogens with one attached hydrogen (secondary N) is 2. The molecule has 3 heteroatoms. The standard InChI is InChI=1S/C13H31N3/c1-11(2)15-8-7-14-9-10-16(12(3)4)13(5)6/h11-15H,7-10H2,1-6H3. The quantitative estimate of drug-likeness (QED) is 0.589. The molecule has 0 spiro atoms. The third kappa shape index (κ3) is 8.08. The lowest BCUT2D eigenvalue weighted by Gasteiger charge is -2.30. The molecule has 0 heterocycles. The highest BCUT2D eigenvalue weighted by Gasteiger charge is 2.11. The number of hydrogen-bond acceptors (Lipinski definition) is 3. The minimum Gasteiger partial charge on any atom is -0.314 e. The third-order valence-electron chi connectivity index (χ3n) is 2.73. The highest BCUT2D eigenvalue weighted by atomic mass is 15.2. The SMILES string of the molecule is CC(C)NCCNCCN(C(C)C)C(C)C. The molecule has 0 saturated heterocycles. The van der Waals surface area contributed by atoms with Crippen molar-refractivity contribution in [3.63, 3.8) is 0 Å². The van der Waals surface area contributed by atoms with E-state index in [1.54, 1.807) is 0 Å². The van der Waals surface area contributed by atoms with Crippen molar-refractivity contribution in [1.29, 1.82) is 0 Å². The lowest BCUT2D eigenvalue weighted by molar-refractivity contribution is 0.176. The third-order valence-corrected chi connectivity index (χ3v) is 2.73. The Morgan fingerprint density at radius 2 is 1.38 bits per heavy atom. The normalized spacial score (nSPS) is 12.4. The van der Waals surface area contributed by atoms with Crippen molar-refractivity contribution in [2.24, 2.45) is 0 Å². The second kappa shape index (κ2) is 8.97. The summed E-state index contributed by atoms with van der Waals surface area (Å²) in [7, 11) is 0. The van der Waals surface area contributed by atoms with Crippen LogP contribution in [-0.4, -0.2) is 49.2 Å². The molecule has 3 nitrogen and oxygen atoms in total. The van der Waals surface area contributed by atoms with Gasteiger partial charge < -0.3 is 10.6 Å². The average molecular weight is 229 g/mol. The van der Waals surface area contributed by atoms with E-state index in [1.807, 2.05) is 0 Å². The molecule has 0 rings (SSSR count). The van der Waals surface area contributed by atoms with E-state index < -0.39 is 0 Å². The predicted octanol–water partition coefficient (Wildman–Crippen LogP) is 1.69. The van der Waals surface area contributed by atoms with E-state index in [0.717, 1.165) is 26.2 Å². The molecule has 0 unspecified atom stereocenters. The van der Waals surface area contributed by atoms with Crippen LogP contribution in [0.3, 0.4) is 0 Å². The van der Waals surface area contributed by atoms with Crippen molar-refractivity contribution in [3.05, 3.63) is 0 Å². The minimum absolute atomic E-state index is 0.588. The molecule has 0 aliphatic rings. The smallest absolute Gasteiger partial charge is 0.0112 e. The van der Waals surface area contributed by atoms with Crippen LogP contribution in [0.4, 0.5) is 0 Å². The zero-order valence-corrected chi connectivity index (χ0v) is 12.0. The summed E-state index contributed by atoms with van der Waals surface area (Å²) in [5, 5.41) is 6.88. The number of rotatable bonds is 9. The minimum atomic E-state index is 0.588. The van der Waals surface area contributed by atoms with Gasteiger partial charge in [-0.15, -0.1) is 0 Å². The molecule has 0 amide bonds. The maximum absolute atomic E-state index is 3.48. The van der Waals surface area contributed by atoms with Gasteiger partial charge in [0.15, 0.2) is 0 Å². The van der Waals surface area contributed by atoms with E-state index >= 15 is 0 Å². The van der Waals surface area contributed by atoms with E-state index in [0.29, 0.717) is 18.1 Å². The molecule has 98 valence electrons. The first-order chi connectivity index (χ1) is 7.45. The Kier molecular flexibility index (Phi) is 8.90. The summed E-state index contributed by atoms with van der Waals surface area (Å²) >= 11 is 0. The van der Waals surface area contributed by atoms with Crippen LogP contribution in [0.2, 0.25) is 0 Å². The van der Waals surface area contributed by atoms with Crippen molar-refractivity contribution in [3.8, 4) is 0 Å². The average Bonchev–Trinajstić information content (AvgIpc) is 2.14. The zero-order valence-electron chi connectivity index (χ0n) is 12.0. The van der Waals surface area contributed by atoms with Crippen LogP contribution in [0.15, 0.2) is 0 Å². The van der Waals surface area contributed by atoms with Crippen LogP contribution in [-0.2, 0) is 0 Å². The van der Waals surface area contributed by atoms with Crippen LogP contribution in [0, 0.1) is 0 Å². The Balaban J connectivity index is 3.48. The van der Waals surface area contributed by atoms with Crippen LogP contribution in [0.25, 0.3) is 0 Å². The summed E-state index contributed by atoms with van der Waals surface area (Å²) < 4.78 is 0. The van der Waals surface area contributed by atoms with Crippen LogP contribution in [0.5, 0.6) is 0 Å². The Labute approximate surface area is 102 Å². The summed E-state index contributed by atoms with van der Waals surface area (Å²) in [6, 6.07) is 1.86. The fraction of sp³-hybridized carbons (Fsp3) is 1.00. The molecule has 0 atom stereocenters. The van der Waals surface area contributed by atoms with Crippen LogP contribution in [0.1, 0.15) is 41.5 Å². The highest BCUT2D eigenvalue weighted by Crippen LogP contribution is 2.02. The topological polar surface area (TPSA) is 27.3 Å². The monoisotopic (exact) mass is 229 g/mol. The summed E-state index contributed by atoms with van der Waals surface area (Å²) in [5.41, 5.74) is 0. The first-order valence-electron chi connectivity index (χ1n) is 6.65. The van der Waals surface area contributed by atoms with Gasteiger partial charge in [-0.3, -0.25) is 4.90 Å². The zero-order chi connectivity index (χ0) is 12.6. The molecule has 0 aliphatic carbocycles. The Hall–Kier alpha value is -0.120. The van der Waals surface area contributed by atoms with E-state index in [4.69, 9.17) is 0 Å². The van der Waals surface area contributed by atoms with Crippen LogP contribution < -0.4 is 10.6 Å². The first kappa shape index (κ1) is 15.9. The molecule has 0 aliphatic heterocycles. The van der Waals surface area contributed by atoms with Crippen LogP contribution >= 0.6 is 0 Å². The highest BCUT2D eigenvalue weighted by molar-refractivity contribution is 4.68. The lowest BCUT2D eigenvalue weighted by Crippen LogP contribution is -2.42. The van der Waals surface area contributed by atoms with E-state index in [2.05, 4.69) is 57.1 Å². The second-order valence-electron chi connectivity index (χ2n) is 5.28. The summed E-state index contributed by atoms with van der Waals surface area (Å²) in [6.07, 6.45) is 0. The van der Waals surface area contributed by atoms with E-state index in [9.17, 15) is 0 Å². The molecule has 0 aromatic heterocycles. The summed E-state index contributed by atoms with van der Waals surface area (Å²) in [6.45, 7) is 17.7. The molecule has 16 heavy (non-hydrogen) atoms. The predicted molar refractivity (Wildman–Crippen MR) is 73.0 cm³/mol. The van der Waals surface area contributed by atoms with Gasteiger partial charge >= 0.3 is 0 Å². The van der Waals surface area contributed by atoms with Gasteiger partial charge in [0.25, 0.3) is 0 Å². The fourth-order valence-electron chi connectivity index (χ4n) is 1.90. The summed E-state index contributed by atoms with van der Waals surface area (Å²) in [5.74, 6) is 0. The van der Waals surface area contributed by atoms with Gasteiger partial charge in [-0.1, -0.05) is 13.8 Å². The van der Waals surface area contributed by atoms with Gasteiger partial charge in [-0.25, -0.2) is 0 Å². The molecule has 0 bridgehead atoms. The van der Waals surface area contributed by atoms with Gasteiger partial charge in [0.2, 0.25) is 0 Å². The van der Waals surface area contributed by atoms with Crippen molar-refractivity contribution in [2.45, 2.75) is 59.7 Å². The van der Waals surface area contributed by atoms with Gasteiger partial charge in [0.1, 0.15) is 0 Å². The molecule has 0 aromatic carbocycles. The Morgan fingerprint density at radius 3 is 1.81 bits per heavy atom. The van der Waals surface area contributed by atoms with Crippen molar-refractivity contribution >= 4 is 0 Å². The van der Waals surface area contributed by atoms with Crippen molar-refractivity contribution in [2.75, 3.05) is 26.2 Å². The van der Waals surface area contributed by atoms with Crippen molar-refractivity contribution < 1.29 is 0 Å². The van der Waals surface area contributed by atoms with Gasteiger partial charge in [-0.2, -0.15) is 0 Å². The molecule has 0 radical (unpaired) electrons. The molecular weight excluding hydrogens is 198 g/mol.